The van der Waals surface area contributed by atoms with Gasteiger partial charge in [0.2, 0.25) is 0 Å². The second-order valence-electron chi connectivity index (χ2n) is 6.82. The van der Waals surface area contributed by atoms with Crippen molar-refractivity contribution in [1.82, 2.24) is 0 Å². The van der Waals surface area contributed by atoms with Gasteiger partial charge in [0.15, 0.2) is 0 Å². The molecule has 2 heteroatoms. The van der Waals surface area contributed by atoms with Gasteiger partial charge in [0.05, 0.1) is 0 Å². The SMILES string of the molecule is CC(=O)OC12C3C4C1C1C2C3C41C=C(C)C. The van der Waals surface area contributed by atoms with Gasteiger partial charge in [-0.25, -0.2) is 0 Å². The van der Waals surface area contributed by atoms with Gasteiger partial charge >= 0.3 is 5.97 Å². The summed E-state index contributed by atoms with van der Waals surface area (Å²) in [6.07, 6.45) is 2.54. The van der Waals surface area contributed by atoms with Crippen LogP contribution in [0.4, 0.5) is 0 Å². The number of carbonyl (C=O) groups excluding carboxylic acids is 1. The van der Waals surface area contributed by atoms with Crippen LogP contribution in [0.3, 0.4) is 0 Å². The molecule has 6 aliphatic rings. The lowest BCUT2D eigenvalue weighted by molar-refractivity contribution is -0.646. The molecule has 84 valence electrons. The third kappa shape index (κ3) is 0.411. The Morgan fingerprint density at radius 3 is 1.88 bits per heavy atom. The van der Waals surface area contributed by atoms with Crippen LogP contribution in [-0.2, 0) is 9.53 Å². The van der Waals surface area contributed by atoms with Crippen molar-refractivity contribution in [3.8, 4) is 0 Å². The van der Waals surface area contributed by atoms with Crippen LogP contribution < -0.4 is 0 Å². The summed E-state index contributed by atoms with van der Waals surface area (Å²) >= 11 is 0. The molecular weight excluding hydrogens is 200 g/mol. The molecular formula is C14H16O2. The van der Waals surface area contributed by atoms with Gasteiger partial charge in [-0.3, -0.25) is 4.79 Å². The number of hydrogen-bond acceptors (Lipinski definition) is 2. The molecule has 6 rings (SSSR count). The van der Waals surface area contributed by atoms with Crippen LogP contribution in [0.2, 0.25) is 0 Å². The molecule has 6 saturated carbocycles. The van der Waals surface area contributed by atoms with Crippen LogP contribution in [-0.4, -0.2) is 11.6 Å². The van der Waals surface area contributed by atoms with E-state index in [4.69, 9.17) is 4.74 Å². The van der Waals surface area contributed by atoms with E-state index >= 15 is 0 Å². The van der Waals surface area contributed by atoms with Crippen LogP contribution in [0.5, 0.6) is 0 Å². The second-order valence-corrected chi connectivity index (χ2v) is 6.82. The molecule has 0 aromatic carbocycles. The van der Waals surface area contributed by atoms with Gasteiger partial charge in [0, 0.05) is 24.7 Å². The predicted octanol–water partition coefficient (Wildman–Crippen LogP) is 2.01. The van der Waals surface area contributed by atoms with Gasteiger partial charge in [0.1, 0.15) is 5.60 Å². The fourth-order valence-electron chi connectivity index (χ4n) is 6.75. The largest absolute Gasteiger partial charge is 0.458 e. The minimum atomic E-state index is -0.0630. The van der Waals surface area contributed by atoms with Gasteiger partial charge in [-0.1, -0.05) is 11.6 Å². The predicted molar refractivity (Wildman–Crippen MR) is 57.3 cm³/mol. The second kappa shape index (κ2) is 1.79. The number of esters is 1. The minimum absolute atomic E-state index is 0.0630. The van der Waals surface area contributed by atoms with Crippen molar-refractivity contribution < 1.29 is 9.53 Å². The van der Waals surface area contributed by atoms with E-state index in [1.807, 2.05) is 0 Å². The fourth-order valence-corrected chi connectivity index (χ4v) is 6.75. The van der Waals surface area contributed by atoms with E-state index in [0.29, 0.717) is 5.41 Å². The lowest BCUT2D eigenvalue weighted by Gasteiger charge is -3.09. The standard InChI is InChI=1S/C14H16O2/c1-5(2)4-13-7-10-8(13)12-9(13)11(7)14(10,12)16-6(3)15/h4,7-12H,1-3H3. The van der Waals surface area contributed by atoms with Gasteiger partial charge < -0.3 is 4.74 Å². The maximum atomic E-state index is 11.2. The molecule has 2 nitrogen and oxygen atoms in total. The molecule has 0 atom stereocenters. The highest BCUT2D eigenvalue weighted by molar-refractivity contribution is 5.70. The summed E-state index contributed by atoms with van der Waals surface area (Å²) < 4.78 is 5.64. The maximum absolute atomic E-state index is 11.2. The minimum Gasteiger partial charge on any atom is -0.458 e. The number of carbonyl (C=O) groups is 1. The highest BCUT2D eigenvalue weighted by Gasteiger charge is 3.11. The smallest absolute Gasteiger partial charge is 0.303 e. The molecule has 0 heterocycles. The van der Waals surface area contributed by atoms with Gasteiger partial charge in [-0.15, -0.1) is 0 Å². The van der Waals surface area contributed by atoms with E-state index in [0.717, 1.165) is 35.5 Å². The first kappa shape index (κ1) is 8.32. The van der Waals surface area contributed by atoms with Crippen LogP contribution in [0.15, 0.2) is 11.6 Å². The van der Waals surface area contributed by atoms with Crippen molar-refractivity contribution in [2.45, 2.75) is 26.4 Å². The monoisotopic (exact) mass is 216 g/mol. The molecule has 0 unspecified atom stereocenters. The van der Waals surface area contributed by atoms with Crippen molar-refractivity contribution in [2.24, 2.45) is 40.9 Å². The third-order valence-corrected chi connectivity index (χ3v) is 6.48. The van der Waals surface area contributed by atoms with E-state index in [1.165, 1.54) is 5.57 Å². The van der Waals surface area contributed by atoms with Crippen LogP contribution in [0.1, 0.15) is 20.8 Å². The molecule has 0 N–H and O–H groups in total. The summed E-state index contributed by atoms with van der Waals surface area (Å²) in [5.41, 5.74) is 2.14. The van der Waals surface area contributed by atoms with Crippen molar-refractivity contribution in [2.75, 3.05) is 0 Å². The molecule has 6 fully saturated rings. The fraction of sp³-hybridized carbons (Fsp3) is 0.786. The molecule has 6 aliphatic carbocycles. The number of ether oxygens (including phenoxy) is 1. The summed E-state index contributed by atoms with van der Waals surface area (Å²) in [4.78, 5) is 11.2. The Morgan fingerprint density at radius 2 is 1.50 bits per heavy atom. The lowest BCUT2D eigenvalue weighted by atomic mass is 8.95. The van der Waals surface area contributed by atoms with E-state index < -0.39 is 0 Å². The molecule has 0 amide bonds. The first-order valence-electron chi connectivity index (χ1n) is 6.42. The van der Waals surface area contributed by atoms with E-state index in [1.54, 1.807) is 6.92 Å². The van der Waals surface area contributed by atoms with Crippen molar-refractivity contribution in [3.63, 3.8) is 0 Å². The van der Waals surface area contributed by atoms with Crippen LogP contribution in [0.25, 0.3) is 0 Å². The zero-order chi connectivity index (χ0) is 11.0. The Morgan fingerprint density at radius 1 is 1.00 bits per heavy atom. The van der Waals surface area contributed by atoms with Crippen molar-refractivity contribution in [1.29, 1.82) is 0 Å². The highest BCUT2D eigenvalue weighted by Crippen LogP contribution is 3.08. The highest BCUT2D eigenvalue weighted by atomic mass is 16.6. The first-order chi connectivity index (χ1) is 7.57. The lowest BCUT2D eigenvalue weighted by Crippen LogP contribution is -3.12. The molecule has 0 bridgehead atoms. The Kier molecular flexibility index (Phi) is 0.932. The molecule has 0 saturated heterocycles. The Balaban J connectivity index is 1.50. The number of hydrogen-bond donors (Lipinski definition) is 0. The summed E-state index contributed by atoms with van der Waals surface area (Å²) in [6, 6.07) is 0. The van der Waals surface area contributed by atoms with Crippen molar-refractivity contribution >= 4 is 5.97 Å². The third-order valence-electron chi connectivity index (χ3n) is 6.48. The van der Waals surface area contributed by atoms with Crippen LogP contribution >= 0.6 is 0 Å². The zero-order valence-electron chi connectivity index (χ0n) is 9.86. The quantitative estimate of drug-likeness (QED) is 0.521. The summed E-state index contributed by atoms with van der Waals surface area (Å²) in [6.45, 7) is 5.99. The molecule has 16 heavy (non-hydrogen) atoms. The molecule has 0 aromatic heterocycles. The average Bonchev–Trinajstić information content (AvgIpc) is 2.21. The van der Waals surface area contributed by atoms with E-state index in [2.05, 4.69) is 19.9 Å². The number of rotatable bonds is 2. The number of allylic oxidation sites excluding steroid dienone is 2. The maximum Gasteiger partial charge on any atom is 0.303 e. The van der Waals surface area contributed by atoms with Crippen molar-refractivity contribution in [3.05, 3.63) is 11.6 Å². The van der Waals surface area contributed by atoms with E-state index in [9.17, 15) is 4.79 Å². The molecule has 0 aliphatic heterocycles. The zero-order valence-corrected chi connectivity index (χ0v) is 9.86. The Bertz CT molecular complexity index is 429. The van der Waals surface area contributed by atoms with Crippen LogP contribution in [0, 0.1) is 40.9 Å². The molecule has 0 spiro atoms. The molecule has 0 aromatic rings. The molecule has 0 radical (unpaired) electrons. The normalized spacial score (nSPS) is 68.4. The Hall–Kier alpha value is -0.790. The summed E-state index contributed by atoms with van der Waals surface area (Å²) in [7, 11) is 0. The summed E-state index contributed by atoms with van der Waals surface area (Å²) in [5.74, 6) is 4.88. The van der Waals surface area contributed by atoms with Gasteiger partial charge in [0.25, 0.3) is 0 Å². The Labute approximate surface area is 95.0 Å². The first-order valence-corrected chi connectivity index (χ1v) is 6.42. The average molecular weight is 216 g/mol. The van der Waals surface area contributed by atoms with Gasteiger partial charge in [-0.05, 0) is 37.0 Å². The van der Waals surface area contributed by atoms with E-state index in [-0.39, 0.29) is 11.6 Å². The van der Waals surface area contributed by atoms with Gasteiger partial charge in [-0.2, -0.15) is 0 Å². The topological polar surface area (TPSA) is 26.3 Å². The summed E-state index contributed by atoms with van der Waals surface area (Å²) in [5, 5.41) is 0.